The molecule has 0 saturated carbocycles. The molecule has 1 aliphatic rings. The first-order chi connectivity index (χ1) is 20.0. The standard InChI is InChI=1S/C35H35N3O2S/c1-26-10-8-13-29(22-26)25-38-31-14-6-7-15-32(31)41-33(35(38)40)23-27-16-18-30(19-17-27)34(39)36-20-9-21-37(2)24-28-11-4-3-5-12-28/h3-8,10-19,22-23H,9,20-21,24-25H2,1-2H3,(H,36,39)/p+1. The van der Waals surface area contributed by atoms with Gasteiger partial charge in [0.15, 0.2) is 0 Å². The number of carbonyl (C=O) groups is 2. The number of nitrogens with zero attached hydrogens (tertiary/aromatic N) is 1. The Hall–Kier alpha value is -4.13. The van der Waals surface area contributed by atoms with E-state index >= 15 is 0 Å². The zero-order valence-electron chi connectivity index (χ0n) is 23.6. The molecular weight excluding hydrogens is 526 g/mol. The van der Waals surface area contributed by atoms with E-state index in [1.165, 1.54) is 27.8 Å². The third-order valence-electron chi connectivity index (χ3n) is 7.14. The molecule has 1 aliphatic heterocycles. The van der Waals surface area contributed by atoms with Gasteiger partial charge in [-0.15, -0.1) is 0 Å². The van der Waals surface area contributed by atoms with E-state index in [1.807, 2.05) is 65.6 Å². The third-order valence-corrected chi connectivity index (χ3v) is 8.22. The lowest BCUT2D eigenvalue weighted by molar-refractivity contribution is -0.893. The summed E-state index contributed by atoms with van der Waals surface area (Å²) < 4.78 is 0. The van der Waals surface area contributed by atoms with Crippen LogP contribution in [-0.4, -0.2) is 32.0 Å². The molecule has 4 aromatic rings. The molecule has 5 nitrogen and oxygen atoms in total. The average molecular weight is 563 g/mol. The Morgan fingerprint density at radius 1 is 0.902 bits per heavy atom. The van der Waals surface area contributed by atoms with Gasteiger partial charge in [-0.1, -0.05) is 96.2 Å². The van der Waals surface area contributed by atoms with Gasteiger partial charge < -0.3 is 15.1 Å². The van der Waals surface area contributed by atoms with Crippen molar-refractivity contribution in [2.75, 3.05) is 25.0 Å². The molecule has 1 atom stereocenters. The molecule has 1 unspecified atom stereocenters. The van der Waals surface area contributed by atoms with E-state index in [2.05, 4.69) is 67.8 Å². The Morgan fingerprint density at radius 3 is 2.41 bits per heavy atom. The highest BCUT2D eigenvalue weighted by atomic mass is 32.2. The second kappa shape index (κ2) is 13.5. The minimum atomic E-state index is -0.0775. The molecule has 5 rings (SSSR count). The molecule has 4 aromatic carbocycles. The van der Waals surface area contributed by atoms with Gasteiger partial charge in [0.2, 0.25) is 0 Å². The first kappa shape index (κ1) is 28.4. The molecule has 1 heterocycles. The lowest BCUT2D eigenvalue weighted by atomic mass is 10.1. The van der Waals surface area contributed by atoms with E-state index in [9.17, 15) is 9.59 Å². The minimum absolute atomic E-state index is 0.0172. The monoisotopic (exact) mass is 562 g/mol. The van der Waals surface area contributed by atoms with Crippen LogP contribution in [0.25, 0.3) is 6.08 Å². The van der Waals surface area contributed by atoms with Crippen LogP contribution in [0.4, 0.5) is 5.69 Å². The fraction of sp³-hybridized carbons (Fsp3) is 0.200. The summed E-state index contributed by atoms with van der Waals surface area (Å²) in [6, 6.07) is 34.2. The molecule has 0 aromatic heterocycles. The Kier molecular flexibility index (Phi) is 9.34. The summed E-state index contributed by atoms with van der Waals surface area (Å²) >= 11 is 1.49. The van der Waals surface area contributed by atoms with E-state index in [-0.39, 0.29) is 11.8 Å². The van der Waals surface area contributed by atoms with Crippen LogP contribution in [-0.2, 0) is 17.9 Å². The number of thioether (sulfide) groups is 1. The predicted molar refractivity (Wildman–Crippen MR) is 168 cm³/mol. The van der Waals surface area contributed by atoms with Gasteiger partial charge in [-0.2, -0.15) is 0 Å². The Bertz CT molecular complexity index is 1530. The van der Waals surface area contributed by atoms with Crippen molar-refractivity contribution in [2.24, 2.45) is 0 Å². The minimum Gasteiger partial charge on any atom is -0.352 e. The number of benzene rings is 4. The van der Waals surface area contributed by atoms with Crippen LogP contribution >= 0.6 is 11.8 Å². The maximum Gasteiger partial charge on any atom is 0.265 e. The van der Waals surface area contributed by atoms with Crippen molar-refractivity contribution in [1.29, 1.82) is 0 Å². The molecule has 0 bridgehead atoms. The molecule has 0 spiro atoms. The zero-order valence-corrected chi connectivity index (χ0v) is 24.4. The van der Waals surface area contributed by atoms with Gasteiger partial charge in [0, 0.05) is 29.0 Å². The molecule has 0 saturated heterocycles. The van der Waals surface area contributed by atoms with Crippen molar-refractivity contribution in [3.05, 3.63) is 136 Å². The Balaban J connectivity index is 1.19. The van der Waals surface area contributed by atoms with Gasteiger partial charge in [-0.3, -0.25) is 9.59 Å². The Morgan fingerprint density at radius 2 is 1.63 bits per heavy atom. The summed E-state index contributed by atoms with van der Waals surface area (Å²) in [5.74, 6) is -0.0947. The summed E-state index contributed by atoms with van der Waals surface area (Å²) in [6.07, 6.45) is 2.83. The largest absolute Gasteiger partial charge is 0.352 e. The number of rotatable bonds is 10. The number of hydrogen-bond donors (Lipinski definition) is 2. The number of fused-ring (bicyclic) bond motifs is 1. The lowest BCUT2D eigenvalue weighted by Crippen LogP contribution is -3.07. The highest BCUT2D eigenvalue weighted by molar-refractivity contribution is 8.04. The van der Waals surface area contributed by atoms with Gasteiger partial charge in [0.25, 0.3) is 11.8 Å². The van der Waals surface area contributed by atoms with Gasteiger partial charge in [0.05, 0.1) is 30.7 Å². The SMILES string of the molecule is Cc1cccc(CN2C(=O)C(=Cc3ccc(C(=O)NCCC[NH+](C)Cc4ccccc4)cc3)Sc3ccccc32)c1. The van der Waals surface area contributed by atoms with Crippen molar-refractivity contribution >= 4 is 35.3 Å². The molecular formula is C35H36N3O2S+. The maximum atomic E-state index is 13.6. The van der Waals surface area contributed by atoms with Crippen LogP contribution in [0.15, 0.2) is 113 Å². The summed E-state index contributed by atoms with van der Waals surface area (Å²) in [5, 5.41) is 3.04. The smallest absolute Gasteiger partial charge is 0.265 e. The van der Waals surface area contributed by atoms with Gasteiger partial charge >= 0.3 is 0 Å². The lowest BCUT2D eigenvalue weighted by Gasteiger charge is -2.30. The number of quaternary nitrogens is 1. The average Bonchev–Trinajstić information content (AvgIpc) is 2.98. The topological polar surface area (TPSA) is 53.9 Å². The molecule has 0 fully saturated rings. The number of anilines is 1. The number of hydrogen-bond acceptors (Lipinski definition) is 3. The molecule has 2 amide bonds. The van der Waals surface area contributed by atoms with E-state index in [0.29, 0.717) is 23.6 Å². The van der Waals surface area contributed by atoms with Crippen LogP contribution in [0.5, 0.6) is 0 Å². The first-order valence-electron chi connectivity index (χ1n) is 14.1. The molecule has 2 N–H and O–H groups in total. The molecule has 0 aliphatic carbocycles. The van der Waals surface area contributed by atoms with Crippen molar-refractivity contribution < 1.29 is 14.5 Å². The first-order valence-corrected chi connectivity index (χ1v) is 14.9. The van der Waals surface area contributed by atoms with Crippen molar-refractivity contribution in [3.8, 4) is 0 Å². The van der Waals surface area contributed by atoms with Gasteiger partial charge in [0.1, 0.15) is 6.54 Å². The number of aryl methyl sites for hydroxylation is 1. The second-order valence-electron chi connectivity index (χ2n) is 10.6. The number of amides is 2. The molecule has 41 heavy (non-hydrogen) atoms. The third kappa shape index (κ3) is 7.54. The van der Waals surface area contributed by atoms with E-state index < -0.39 is 0 Å². The number of carbonyl (C=O) groups excluding carboxylic acids is 2. The summed E-state index contributed by atoms with van der Waals surface area (Å²) in [6.45, 7) is 5.17. The van der Waals surface area contributed by atoms with Crippen LogP contribution in [0.3, 0.4) is 0 Å². The Labute approximate surface area is 246 Å². The second-order valence-corrected chi connectivity index (χ2v) is 11.6. The van der Waals surface area contributed by atoms with Crippen molar-refractivity contribution in [3.63, 3.8) is 0 Å². The fourth-order valence-corrected chi connectivity index (χ4v) is 6.08. The van der Waals surface area contributed by atoms with Crippen LogP contribution < -0.4 is 15.1 Å². The normalized spacial score (nSPS) is 14.5. The molecule has 0 radical (unpaired) electrons. The number of nitrogens with one attached hydrogen (secondary N) is 2. The van der Waals surface area contributed by atoms with Gasteiger partial charge in [-0.25, -0.2) is 0 Å². The van der Waals surface area contributed by atoms with Crippen molar-refractivity contribution in [2.45, 2.75) is 31.3 Å². The van der Waals surface area contributed by atoms with Crippen molar-refractivity contribution in [1.82, 2.24) is 5.32 Å². The van der Waals surface area contributed by atoms with Crippen LogP contribution in [0.1, 0.15) is 39.0 Å². The van der Waals surface area contributed by atoms with E-state index in [1.54, 1.807) is 0 Å². The highest BCUT2D eigenvalue weighted by Gasteiger charge is 2.29. The fourth-order valence-electron chi connectivity index (χ4n) is 5.02. The predicted octanol–water partition coefficient (Wildman–Crippen LogP) is 5.51. The summed E-state index contributed by atoms with van der Waals surface area (Å²) in [7, 11) is 2.18. The van der Waals surface area contributed by atoms with Crippen LogP contribution in [0, 0.1) is 6.92 Å². The number of para-hydroxylation sites is 1. The summed E-state index contributed by atoms with van der Waals surface area (Å²) in [4.78, 5) is 31.3. The molecule has 6 heteroatoms. The quantitative estimate of drug-likeness (QED) is 0.198. The van der Waals surface area contributed by atoms with Crippen LogP contribution in [0.2, 0.25) is 0 Å². The van der Waals surface area contributed by atoms with E-state index in [0.717, 1.165) is 41.2 Å². The zero-order chi connectivity index (χ0) is 28.6. The van der Waals surface area contributed by atoms with E-state index in [4.69, 9.17) is 0 Å². The van der Waals surface area contributed by atoms with Gasteiger partial charge in [-0.05, 0) is 48.4 Å². The maximum absolute atomic E-state index is 13.6. The summed E-state index contributed by atoms with van der Waals surface area (Å²) in [5.41, 5.74) is 6.02. The highest BCUT2D eigenvalue weighted by Crippen LogP contribution is 2.42. The molecule has 208 valence electrons.